The summed E-state index contributed by atoms with van der Waals surface area (Å²) in [6.07, 6.45) is -2.02. The molecule has 0 spiro atoms. The van der Waals surface area contributed by atoms with Crippen LogP contribution in [0, 0.1) is 13.8 Å². The van der Waals surface area contributed by atoms with Crippen LogP contribution in [0.1, 0.15) is 27.3 Å². The van der Waals surface area contributed by atoms with Gasteiger partial charge in [0.25, 0.3) is 0 Å². The summed E-state index contributed by atoms with van der Waals surface area (Å²) in [5.74, 6) is -0.791. The summed E-state index contributed by atoms with van der Waals surface area (Å²) in [4.78, 5) is 24.5. The highest BCUT2D eigenvalue weighted by atomic mass is 19.4. The number of carboxylic acids is 1. The van der Waals surface area contributed by atoms with Gasteiger partial charge in [-0.2, -0.15) is 23.3 Å². The van der Waals surface area contributed by atoms with Gasteiger partial charge in [-0.3, -0.25) is 0 Å². The van der Waals surface area contributed by atoms with Gasteiger partial charge < -0.3 is 19.9 Å². The number of hydrogen-bond acceptors (Lipinski definition) is 8. The SMILES string of the molecule is COc1cc(C)cc(Nc2ncc(-c3cnc(OC)c(C(=O)O)c3)c(-n3nc(C(F)(F)F)cc3C)n2)c1. The summed E-state index contributed by atoms with van der Waals surface area (Å²) in [6, 6.07) is 7.51. The predicted octanol–water partition coefficient (Wildman–Crippen LogP) is 4.82. The van der Waals surface area contributed by atoms with Crippen LogP contribution in [-0.2, 0) is 6.18 Å². The number of aromatic nitrogens is 5. The van der Waals surface area contributed by atoms with E-state index in [1.807, 2.05) is 19.1 Å². The van der Waals surface area contributed by atoms with Crippen LogP contribution in [-0.4, -0.2) is 50.0 Å². The molecule has 10 nitrogen and oxygen atoms in total. The molecule has 0 aliphatic rings. The monoisotopic (exact) mass is 514 g/mol. The Hall–Kier alpha value is -4.68. The molecule has 0 saturated heterocycles. The molecule has 0 unspecified atom stereocenters. The molecule has 0 fully saturated rings. The Morgan fingerprint density at radius 2 is 1.78 bits per heavy atom. The quantitative estimate of drug-likeness (QED) is 0.357. The Bertz CT molecular complexity index is 1490. The Morgan fingerprint density at radius 3 is 2.41 bits per heavy atom. The molecule has 0 bridgehead atoms. The van der Waals surface area contributed by atoms with E-state index in [4.69, 9.17) is 9.47 Å². The van der Waals surface area contributed by atoms with Gasteiger partial charge in [0.2, 0.25) is 11.8 Å². The smallest absolute Gasteiger partial charge is 0.435 e. The molecule has 0 aliphatic heterocycles. The first kappa shape index (κ1) is 25.4. The number of aromatic carboxylic acids is 1. The number of carbonyl (C=O) groups is 1. The molecule has 4 aromatic rings. The second-order valence-electron chi connectivity index (χ2n) is 7.96. The first-order chi connectivity index (χ1) is 17.5. The normalized spacial score (nSPS) is 11.3. The molecule has 1 aromatic carbocycles. The molecular formula is C24H21F3N6O4. The van der Waals surface area contributed by atoms with Crippen LogP contribution < -0.4 is 14.8 Å². The van der Waals surface area contributed by atoms with Crippen molar-refractivity contribution in [1.82, 2.24) is 24.7 Å². The van der Waals surface area contributed by atoms with Gasteiger partial charge in [-0.1, -0.05) is 0 Å². The second kappa shape index (κ2) is 9.76. The molecule has 37 heavy (non-hydrogen) atoms. The van der Waals surface area contributed by atoms with Crippen molar-refractivity contribution < 1.29 is 32.5 Å². The topological polar surface area (TPSA) is 124 Å². The fraction of sp³-hybridized carbons (Fsp3) is 0.208. The van der Waals surface area contributed by atoms with E-state index in [-0.39, 0.29) is 40.0 Å². The predicted molar refractivity (Wildman–Crippen MR) is 127 cm³/mol. The Kier molecular flexibility index (Phi) is 6.70. The van der Waals surface area contributed by atoms with E-state index in [1.54, 1.807) is 6.07 Å². The molecule has 0 saturated carbocycles. The molecule has 0 atom stereocenters. The van der Waals surface area contributed by atoms with E-state index >= 15 is 0 Å². The Morgan fingerprint density at radius 1 is 1.03 bits per heavy atom. The number of ether oxygens (including phenoxy) is 2. The van der Waals surface area contributed by atoms with Crippen molar-refractivity contribution in [2.45, 2.75) is 20.0 Å². The number of rotatable bonds is 7. The number of nitrogens with zero attached hydrogens (tertiary/aromatic N) is 5. The van der Waals surface area contributed by atoms with Crippen molar-refractivity contribution in [2.24, 2.45) is 0 Å². The van der Waals surface area contributed by atoms with E-state index in [2.05, 4.69) is 25.4 Å². The van der Waals surface area contributed by atoms with E-state index in [1.165, 1.54) is 39.6 Å². The van der Waals surface area contributed by atoms with Gasteiger partial charge in [0.1, 0.15) is 11.3 Å². The highest BCUT2D eigenvalue weighted by Crippen LogP contribution is 2.33. The van der Waals surface area contributed by atoms with Crippen LogP contribution in [0.5, 0.6) is 11.6 Å². The van der Waals surface area contributed by atoms with Crippen molar-refractivity contribution >= 4 is 17.6 Å². The van der Waals surface area contributed by atoms with Crippen LogP contribution in [0.15, 0.2) is 42.7 Å². The number of nitrogens with one attached hydrogen (secondary N) is 1. The summed E-state index contributed by atoms with van der Waals surface area (Å²) < 4.78 is 51.5. The number of methoxy groups -OCH3 is 2. The minimum Gasteiger partial charge on any atom is -0.497 e. The molecule has 0 aliphatic carbocycles. The molecule has 4 rings (SSSR count). The maximum Gasteiger partial charge on any atom is 0.435 e. The van der Waals surface area contributed by atoms with Gasteiger partial charge in [-0.25, -0.2) is 19.4 Å². The van der Waals surface area contributed by atoms with E-state index in [9.17, 15) is 23.1 Å². The van der Waals surface area contributed by atoms with Gasteiger partial charge in [0.05, 0.1) is 14.2 Å². The summed E-state index contributed by atoms with van der Waals surface area (Å²) in [5, 5.41) is 16.3. The molecule has 2 N–H and O–H groups in total. The molecule has 13 heteroatoms. The van der Waals surface area contributed by atoms with Gasteiger partial charge in [-0.15, -0.1) is 0 Å². The maximum absolute atomic E-state index is 13.4. The highest BCUT2D eigenvalue weighted by Gasteiger charge is 2.35. The lowest BCUT2D eigenvalue weighted by Gasteiger charge is -2.14. The Balaban J connectivity index is 1.89. The average molecular weight is 514 g/mol. The number of halogens is 3. The lowest BCUT2D eigenvalue weighted by atomic mass is 10.1. The first-order valence-corrected chi connectivity index (χ1v) is 10.7. The molecule has 3 heterocycles. The van der Waals surface area contributed by atoms with Crippen LogP contribution in [0.3, 0.4) is 0 Å². The van der Waals surface area contributed by atoms with Crippen molar-refractivity contribution in [2.75, 3.05) is 19.5 Å². The van der Waals surface area contributed by atoms with E-state index < -0.39 is 17.8 Å². The number of benzene rings is 1. The zero-order valence-corrected chi connectivity index (χ0v) is 20.1. The van der Waals surface area contributed by atoms with Gasteiger partial charge in [0, 0.05) is 41.0 Å². The minimum absolute atomic E-state index is 0.0200. The number of pyridine rings is 1. The average Bonchev–Trinajstić information content (AvgIpc) is 3.25. The number of hydrogen-bond donors (Lipinski definition) is 2. The number of aryl methyl sites for hydroxylation is 2. The zero-order chi connectivity index (χ0) is 26.9. The van der Waals surface area contributed by atoms with Gasteiger partial charge >= 0.3 is 12.1 Å². The number of alkyl halides is 3. The fourth-order valence-corrected chi connectivity index (χ4v) is 3.61. The number of anilines is 2. The zero-order valence-electron chi connectivity index (χ0n) is 20.1. The molecule has 192 valence electrons. The van der Waals surface area contributed by atoms with Crippen LogP contribution in [0.25, 0.3) is 16.9 Å². The Labute approximate surface area is 208 Å². The molecule has 0 amide bonds. The van der Waals surface area contributed by atoms with E-state index in [0.717, 1.165) is 16.3 Å². The maximum atomic E-state index is 13.4. The van der Waals surface area contributed by atoms with Crippen molar-refractivity contribution in [3.05, 3.63) is 65.2 Å². The van der Waals surface area contributed by atoms with Crippen molar-refractivity contribution in [3.8, 4) is 28.6 Å². The lowest BCUT2D eigenvalue weighted by Crippen LogP contribution is -2.11. The summed E-state index contributed by atoms with van der Waals surface area (Å²) in [5.41, 5.74) is 0.713. The van der Waals surface area contributed by atoms with Crippen LogP contribution in [0.4, 0.5) is 24.8 Å². The van der Waals surface area contributed by atoms with Gasteiger partial charge in [-0.05, 0) is 43.7 Å². The lowest BCUT2D eigenvalue weighted by molar-refractivity contribution is -0.141. The largest absolute Gasteiger partial charge is 0.497 e. The van der Waals surface area contributed by atoms with Crippen molar-refractivity contribution in [3.63, 3.8) is 0 Å². The van der Waals surface area contributed by atoms with E-state index in [0.29, 0.717) is 11.4 Å². The fourth-order valence-electron chi connectivity index (χ4n) is 3.61. The van der Waals surface area contributed by atoms with Crippen LogP contribution in [0.2, 0.25) is 0 Å². The minimum atomic E-state index is -4.68. The molecule has 0 radical (unpaired) electrons. The summed E-state index contributed by atoms with van der Waals surface area (Å²) in [7, 11) is 2.80. The van der Waals surface area contributed by atoms with Crippen molar-refractivity contribution in [1.29, 1.82) is 0 Å². The second-order valence-corrected chi connectivity index (χ2v) is 7.96. The summed E-state index contributed by atoms with van der Waals surface area (Å²) >= 11 is 0. The molecular weight excluding hydrogens is 493 g/mol. The van der Waals surface area contributed by atoms with Crippen LogP contribution >= 0.6 is 0 Å². The standard InChI is InChI=1S/C24H21F3N6O4/c1-12-5-15(9-16(6-12)36-3)30-23-29-11-18(14-8-17(22(34)35)21(37-4)28-10-14)20(31-23)33-13(2)7-19(32-33)24(25,26)27/h5-11H,1-4H3,(H,34,35)(H,29,30,31). The highest BCUT2D eigenvalue weighted by molar-refractivity contribution is 5.92. The first-order valence-electron chi connectivity index (χ1n) is 10.7. The molecule has 3 aromatic heterocycles. The third kappa shape index (κ3) is 5.29. The number of carboxylic acid groups (broad SMARTS) is 1. The third-order valence-electron chi connectivity index (χ3n) is 5.28. The summed E-state index contributed by atoms with van der Waals surface area (Å²) in [6.45, 7) is 3.31. The third-order valence-corrected chi connectivity index (χ3v) is 5.28. The van der Waals surface area contributed by atoms with Gasteiger partial charge in [0.15, 0.2) is 11.5 Å².